The Bertz CT molecular complexity index is 512. The van der Waals surface area contributed by atoms with Crippen LogP contribution >= 0.6 is 15.9 Å². The minimum absolute atomic E-state index is 0.221. The Morgan fingerprint density at radius 1 is 1.44 bits per heavy atom. The molecule has 1 atom stereocenters. The van der Waals surface area contributed by atoms with E-state index in [1.54, 1.807) is 0 Å². The first-order valence-corrected chi connectivity index (χ1v) is 6.75. The van der Waals surface area contributed by atoms with E-state index in [2.05, 4.69) is 32.1 Å². The third kappa shape index (κ3) is 3.40. The molecular weight excluding hydrogens is 294 g/mol. The Morgan fingerprint density at radius 3 is 3.00 bits per heavy atom. The summed E-state index contributed by atoms with van der Waals surface area (Å²) >= 11 is 3.45. The molecule has 2 aromatic rings. The zero-order valence-corrected chi connectivity index (χ0v) is 11.9. The molecule has 0 aliphatic heterocycles. The van der Waals surface area contributed by atoms with E-state index in [1.165, 1.54) is 0 Å². The van der Waals surface area contributed by atoms with E-state index < -0.39 is 0 Å². The molecule has 18 heavy (non-hydrogen) atoms. The van der Waals surface area contributed by atoms with Gasteiger partial charge < -0.3 is 10.3 Å². The summed E-state index contributed by atoms with van der Waals surface area (Å²) in [7, 11) is 0. The summed E-state index contributed by atoms with van der Waals surface area (Å²) in [6.45, 7) is 2.67. The van der Waals surface area contributed by atoms with Crippen molar-refractivity contribution >= 4 is 15.9 Å². The Hall–Kier alpha value is -1.20. The number of nitrogens with two attached hydrogens (primary N) is 1. The largest absolute Gasteiger partial charge is 0.339 e. The van der Waals surface area contributed by atoms with Gasteiger partial charge in [-0.15, -0.1) is 0 Å². The van der Waals surface area contributed by atoms with Gasteiger partial charge in [-0.05, 0) is 30.7 Å². The quantitative estimate of drug-likeness (QED) is 0.922. The fourth-order valence-corrected chi connectivity index (χ4v) is 2.19. The number of nitrogens with zero attached hydrogens (tertiary/aromatic N) is 2. The summed E-state index contributed by atoms with van der Waals surface area (Å²) in [6, 6.07) is 8.09. The highest BCUT2D eigenvalue weighted by molar-refractivity contribution is 9.10. The van der Waals surface area contributed by atoms with Crippen LogP contribution in [0.15, 0.2) is 33.3 Å². The van der Waals surface area contributed by atoms with Gasteiger partial charge in [0.25, 0.3) is 0 Å². The van der Waals surface area contributed by atoms with Crippen molar-refractivity contribution in [3.05, 3.63) is 46.0 Å². The number of aromatic nitrogens is 2. The number of benzene rings is 1. The minimum atomic E-state index is 0.221. The summed E-state index contributed by atoms with van der Waals surface area (Å²) in [5.41, 5.74) is 6.67. The molecule has 1 heterocycles. The molecular formula is C13H16BrN3O. The molecule has 5 heteroatoms. The van der Waals surface area contributed by atoms with Gasteiger partial charge in [-0.1, -0.05) is 40.1 Å². The second-order valence-corrected chi connectivity index (χ2v) is 5.25. The lowest BCUT2D eigenvalue weighted by molar-refractivity contribution is 0.351. The maximum atomic E-state index is 5.52. The molecule has 4 nitrogen and oxygen atoms in total. The van der Waals surface area contributed by atoms with Gasteiger partial charge in [0.15, 0.2) is 5.82 Å². The lowest BCUT2D eigenvalue weighted by atomic mass is 10.1. The Labute approximate surface area is 115 Å². The van der Waals surface area contributed by atoms with Crippen molar-refractivity contribution < 1.29 is 4.52 Å². The van der Waals surface area contributed by atoms with Crippen molar-refractivity contribution in [1.82, 2.24) is 10.1 Å². The van der Waals surface area contributed by atoms with Gasteiger partial charge >= 0.3 is 0 Å². The van der Waals surface area contributed by atoms with E-state index >= 15 is 0 Å². The van der Waals surface area contributed by atoms with Gasteiger partial charge in [0.1, 0.15) is 0 Å². The fraction of sp³-hybridized carbons (Fsp3) is 0.385. The number of rotatable bonds is 5. The summed E-state index contributed by atoms with van der Waals surface area (Å²) in [4.78, 5) is 4.41. The second kappa shape index (κ2) is 6.11. The molecule has 2 N–H and O–H groups in total. The van der Waals surface area contributed by atoms with Gasteiger partial charge in [0.2, 0.25) is 5.89 Å². The molecule has 0 saturated carbocycles. The van der Waals surface area contributed by atoms with E-state index in [1.807, 2.05) is 25.1 Å². The average Bonchev–Trinajstić information content (AvgIpc) is 2.78. The molecule has 0 radical (unpaired) electrons. The van der Waals surface area contributed by atoms with Crippen molar-refractivity contribution in [1.29, 1.82) is 0 Å². The van der Waals surface area contributed by atoms with Crippen LogP contribution in [-0.2, 0) is 6.42 Å². The van der Waals surface area contributed by atoms with Crippen LogP contribution in [0.25, 0.3) is 0 Å². The maximum Gasteiger partial charge on any atom is 0.229 e. The lowest BCUT2D eigenvalue weighted by Gasteiger charge is -2.01. The first kappa shape index (κ1) is 13.2. The Balaban J connectivity index is 2.06. The molecule has 1 unspecified atom stereocenters. The van der Waals surface area contributed by atoms with Crippen molar-refractivity contribution in [2.45, 2.75) is 25.7 Å². The Morgan fingerprint density at radius 2 is 2.28 bits per heavy atom. The molecule has 96 valence electrons. The summed E-state index contributed by atoms with van der Waals surface area (Å²) in [6.07, 6.45) is 1.54. The molecule has 0 fully saturated rings. The van der Waals surface area contributed by atoms with Crippen LogP contribution in [0.1, 0.15) is 36.5 Å². The Kier molecular flexibility index (Phi) is 4.49. The number of hydrogen-bond donors (Lipinski definition) is 1. The van der Waals surface area contributed by atoms with Crippen LogP contribution in [0.5, 0.6) is 0 Å². The van der Waals surface area contributed by atoms with Crippen LogP contribution in [0, 0.1) is 0 Å². The molecule has 0 bridgehead atoms. The zero-order chi connectivity index (χ0) is 13.0. The standard InChI is InChI=1S/C13H16BrN3O/c1-9(5-6-15)13-16-12(17-18-13)8-10-3-2-4-11(14)7-10/h2-4,7,9H,5-6,8,15H2,1H3. The highest BCUT2D eigenvalue weighted by Crippen LogP contribution is 2.18. The van der Waals surface area contributed by atoms with Crippen LogP contribution in [-0.4, -0.2) is 16.7 Å². The fourth-order valence-electron chi connectivity index (χ4n) is 1.74. The maximum absolute atomic E-state index is 5.52. The normalized spacial score (nSPS) is 12.6. The lowest BCUT2D eigenvalue weighted by Crippen LogP contribution is -2.04. The van der Waals surface area contributed by atoms with Gasteiger partial charge in [-0.25, -0.2) is 0 Å². The highest BCUT2D eigenvalue weighted by atomic mass is 79.9. The van der Waals surface area contributed by atoms with Gasteiger partial charge in [-0.2, -0.15) is 4.98 Å². The third-order valence-corrected chi connectivity index (χ3v) is 3.25. The SMILES string of the molecule is CC(CCN)c1nc(Cc2cccc(Br)c2)no1. The topological polar surface area (TPSA) is 64.9 Å². The van der Waals surface area contributed by atoms with Crippen LogP contribution in [0.3, 0.4) is 0 Å². The first-order valence-electron chi connectivity index (χ1n) is 5.96. The molecule has 1 aromatic heterocycles. The van der Waals surface area contributed by atoms with Gasteiger partial charge in [0.05, 0.1) is 0 Å². The van der Waals surface area contributed by atoms with E-state index in [-0.39, 0.29) is 5.92 Å². The second-order valence-electron chi connectivity index (χ2n) is 4.33. The summed E-state index contributed by atoms with van der Waals surface area (Å²) < 4.78 is 6.31. The molecule has 0 spiro atoms. The average molecular weight is 310 g/mol. The molecule has 0 saturated heterocycles. The smallest absolute Gasteiger partial charge is 0.229 e. The predicted molar refractivity (Wildman–Crippen MR) is 73.3 cm³/mol. The zero-order valence-electron chi connectivity index (χ0n) is 10.3. The molecule has 0 aliphatic carbocycles. The highest BCUT2D eigenvalue weighted by Gasteiger charge is 2.13. The van der Waals surface area contributed by atoms with Gasteiger partial charge in [0, 0.05) is 16.8 Å². The molecule has 1 aromatic carbocycles. The van der Waals surface area contributed by atoms with Crippen molar-refractivity contribution in [2.75, 3.05) is 6.54 Å². The van der Waals surface area contributed by atoms with Crippen LogP contribution < -0.4 is 5.73 Å². The molecule has 2 rings (SSSR count). The van der Waals surface area contributed by atoms with Crippen molar-refractivity contribution in [3.63, 3.8) is 0 Å². The van der Waals surface area contributed by atoms with E-state index in [9.17, 15) is 0 Å². The van der Waals surface area contributed by atoms with E-state index in [0.717, 1.165) is 16.5 Å². The number of halogens is 1. The van der Waals surface area contributed by atoms with Crippen LogP contribution in [0.4, 0.5) is 0 Å². The number of hydrogen-bond acceptors (Lipinski definition) is 4. The first-order chi connectivity index (χ1) is 8.69. The minimum Gasteiger partial charge on any atom is -0.339 e. The van der Waals surface area contributed by atoms with Gasteiger partial charge in [-0.3, -0.25) is 0 Å². The molecule has 0 aliphatic rings. The summed E-state index contributed by atoms with van der Waals surface area (Å²) in [5.74, 6) is 1.61. The monoisotopic (exact) mass is 309 g/mol. The van der Waals surface area contributed by atoms with E-state index in [0.29, 0.717) is 24.7 Å². The van der Waals surface area contributed by atoms with Crippen molar-refractivity contribution in [2.24, 2.45) is 5.73 Å². The summed E-state index contributed by atoms with van der Waals surface area (Å²) in [5, 5.41) is 4.00. The van der Waals surface area contributed by atoms with Crippen molar-refractivity contribution in [3.8, 4) is 0 Å². The molecule has 0 amide bonds. The third-order valence-electron chi connectivity index (χ3n) is 2.76. The van der Waals surface area contributed by atoms with E-state index in [4.69, 9.17) is 10.3 Å². The predicted octanol–water partition coefficient (Wildman–Crippen LogP) is 2.88. The van der Waals surface area contributed by atoms with Crippen LogP contribution in [0.2, 0.25) is 0 Å².